The second-order valence-electron chi connectivity index (χ2n) is 15.1. The van der Waals surface area contributed by atoms with Crippen molar-refractivity contribution in [2.75, 3.05) is 4.90 Å². The van der Waals surface area contributed by atoms with Gasteiger partial charge in [0, 0.05) is 71.8 Å². The third kappa shape index (κ3) is 3.00. The molecule has 0 atom stereocenters. The summed E-state index contributed by atoms with van der Waals surface area (Å²) >= 11 is 0. The van der Waals surface area contributed by atoms with E-state index in [0.29, 0.717) is 0 Å². The molecule has 6 heterocycles. The Kier molecular flexibility index (Phi) is 4.69. The van der Waals surface area contributed by atoms with E-state index in [1.54, 1.807) is 0 Å². The summed E-state index contributed by atoms with van der Waals surface area (Å²) in [5.41, 5.74) is 22.5. The number of fused-ring (bicyclic) bond motifs is 14. The Labute approximate surface area is 306 Å². The van der Waals surface area contributed by atoms with Crippen LogP contribution in [0.4, 0.5) is 17.1 Å². The first-order valence-corrected chi connectivity index (χ1v) is 18.7. The zero-order valence-electron chi connectivity index (χ0n) is 28.6. The highest BCUT2D eigenvalue weighted by Gasteiger charge is 2.50. The van der Waals surface area contributed by atoms with E-state index < -0.39 is 0 Å². The van der Waals surface area contributed by atoms with Crippen LogP contribution in [-0.4, -0.2) is 22.7 Å². The van der Waals surface area contributed by atoms with E-state index in [9.17, 15) is 0 Å². The Morgan fingerprint density at radius 1 is 0.340 bits per heavy atom. The third-order valence-electron chi connectivity index (χ3n) is 12.9. The molecule has 3 nitrogen and oxygen atoms in total. The molecule has 8 aromatic carbocycles. The largest absolute Gasteiger partial charge is 0.375 e. The fraction of sp³-hybridized carbons (Fsp3) is 0. The highest BCUT2D eigenvalue weighted by Crippen LogP contribution is 2.49. The number of hydrogen-bond donors (Lipinski definition) is 0. The van der Waals surface area contributed by atoms with Crippen molar-refractivity contribution in [1.82, 2.24) is 8.96 Å². The number of aromatic nitrogens is 2. The quantitative estimate of drug-likeness (QED) is 0.160. The molecule has 14 rings (SSSR count). The Morgan fingerprint density at radius 3 is 1.49 bits per heavy atom. The van der Waals surface area contributed by atoms with Crippen LogP contribution in [0.3, 0.4) is 0 Å². The average molecular weight is 667 g/mol. The lowest BCUT2D eigenvalue weighted by molar-refractivity contribution is 1.24. The van der Waals surface area contributed by atoms with E-state index in [4.69, 9.17) is 0 Å². The van der Waals surface area contributed by atoms with Crippen LogP contribution in [0.1, 0.15) is 0 Å². The van der Waals surface area contributed by atoms with E-state index in [0.717, 1.165) is 0 Å². The van der Waals surface area contributed by atoms with Gasteiger partial charge in [0.2, 0.25) is 0 Å². The summed E-state index contributed by atoms with van der Waals surface area (Å²) < 4.78 is 5.36. The Hall–Kier alpha value is -6.71. The van der Waals surface area contributed by atoms with E-state index in [2.05, 4.69) is 178 Å². The van der Waals surface area contributed by atoms with Gasteiger partial charge in [0.25, 0.3) is 0 Å². The predicted molar refractivity (Wildman–Crippen MR) is 224 cm³/mol. The van der Waals surface area contributed by atoms with Crippen molar-refractivity contribution in [3.63, 3.8) is 0 Å². The number of rotatable bonds is 1. The smallest absolute Gasteiger partial charge is 0.333 e. The summed E-state index contributed by atoms with van der Waals surface area (Å²) in [5, 5.41) is 5.28. The van der Waals surface area contributed by atoms with Crippen LogP contribution in [0.5, 0.6) is 0 Å². The molecule has 2 aromatic heterocycles. The topological polar surface area (TPSA) is 13.1 Å². The summed E-state index contributed by atoms with van der Waals surface area (Å²) in [7, 11) is 0. The highest BCUT2D eigenvalue weighted by atomic mass is 15.2. The van der Waals surface area contributed by atoms with Crippen molar-refractivity contribution in [3.05, 3.63) is 164 Å². The van der Waals surface area contributed by atoms with Crippen LogP contribution in [-0.2, 0) is 0 Å². The molecule has 0 spiro atoms. The Morgan fingerprint density at radius 2 is 0.849 bits per heavy atom. The third-order valence-corrected chi connectivity index (χ3v) is 12.9. The molecule has 0 N–H and O–H groups in total. The van der Waals surface area contributed by atoms with E-state index in [1.165, 1.54) is 116 Å². The minimum atomic E-state index is -0.0121. The maximum Gasteiger partial charge on any atom is 0.333 e. The van der Waals surface area contributed by atoms with Gasteiger partial charge < -0.3 is 13.9 Å². The van der Waals surface area contributed by atoms with Crippen molar-refractivity contribution in [3.8, 4) is 33.4 Å². The average Bonchev–Trinajstić information content (AvgIpc) is 3.74. The molecule has 4 aliphatic rings. The summed E-state index contributed by atoms with van der Waals surface area (Å²) in [5.74, 6) is 0. The molecule has 0 saturated carbocycles. The summed E-state index contributed by atoms with van der Waals surface area (Å²) in [6, 6.07) is 61.9. The number of benzene rings is 8. The van der Waals surface area contributed by atoms with Crippen molar-refractivity contribution in [1.29, 1.82) is 0 Å². The zero-order chi connectivity index (χ0) is 34.1. The standard InChI is InChI=1S/C48H27B2N3/c1-2-12-28(13-3-1)29-26-27-38-48-45(29)50-44-33(37-21-9-19-35-31-15-5-7-23-40(31)53(50)47(35)37)17-11-25-42(44)51(48)41-24-10-16-32-36-20-8-18-34-30-14-4-6-22-39(30)52(46(34)36)49(38)43(32)41/h1-27H. The minimum Gasteiger partial charge on any atom is -0.375 e. The number of hydrogen-bond acceptors (Lipinski definition) is 1. The van der Waals surface area contributed by atoms with Crippen LogP contribution in [0, 0.1) is 0 Å². The van der Waals surface area contributed by atoms with Gasteiger partial charge in [-0.05, 0) is 68.4 Å². The normalized spacial score (nSPS) is 13.9. The van der Waals surface area contributed by atoms with Gasteiger partial charge in [-0.25, -0.2) is 0 Å². The van der Waals surface area contributed by atoms with Gasteiger partial charge in [-0.1, -0.05) is 140 Å². The number of anilines is 3. The van der Waals surface area contributed by atoms with Crippen LogP contribution in [0.2, 0.25) is 0 Å². The highest BCUT2D eigenvalue weighted by molar-refractivity contribution is 6.95. The maximum absolute atomic E-state index is 2.69. The molecule has 4 aliphatic heterocycles. The lowest BCUT2D eigenvalue weighted by Crippen LogP contribution is -2.64. The molecule has 0 saturated heterocycles. The van der Waals surface area contributed by atoms with Gasteiger partial charge in [-0.2, -0.15) is 0 Å². The lowest BCUT2D eigenvalue weighted by atomic mass is 9.39. The molecular formula is C48H27B2N3. The zero-order valence-corrected chi connectivity index (χ0v) is 28.6. The Bertz CT molecular complexity index is 3310. The van der Waals surface area contributed by atoms with Crippen molar-refractivity contribution in [2.45, 2.75) is 0 Å². The van der Waals surface area contributed by atoms with E-state index in [-0.39, 0.29) is 13.7 Å². The molecule has 0 unspecified atom stereocenters. The number of nitrogens with zero attached hydrogens (tertiary/aromatic N) is 3. The minimum absolute atomic E-state index is 0.0121. The molecule has 0 radical (unpaired) electrons. The van der Waals surface area contributed by atoms with Gasteiger partial charge in [0.1, 0.15) is 0 Å². The predicted octanol–water partition coefficient (Wildman–Crippen LogP) is 8.93. The molecule has 53 heavy (non-hydrogen) atoms. The van der Waals surface area contributed by atoms with Gasteiger partial charge in [-0.15, -0.1) is 0 Å². The van der Waals surface area contributed by atoms with Crippen LogP contribution in [0.25, 0.3) is 77.0 Å². The Balaban J connectivity index is 1.21. The molecule has 10 aromatic rings. The van der Waals surface area contributed by atoms with Crippen molar-refractivity contribution >= 4 is 96.2 Å². The second kappa shape index (κ2) is 9.20. The molecule has 5 heteroatoms. The SMILES string of the molecule is c1ccc(-c2ccc3c4c2B2c5c(cccc5N4c4cccc5c4B3n3c4ccccc4c4cccc-5c43)-c3cccc4c5ccccc5n2c34)cc1. The maximum atomic E-state index is 2.69. The van der Waals surface area contributed by atoms with Crippen molar-refractivity contribution < 1.29 is 0 Å². The number of para-hydroxylation sites is 4. The van der Waals surface area contributed by atoms with Crippen LogP contribution < -0.4 is 26.8 Å². The first kappa shape index (κ1) is 27.0. The van der Waals surface area contributed by atoms with Crippen molar-refractivity contribution in [2.24, 2.45) is 0 Å². The summed E-state index contributed by atoms with van der Waals surface area (Å²) in [6.07, 6.45) is 0. The van der Waals surface area contributed by atoms with Gasteiger partial charge >= 0.3 is 13.7 Å². The lowest BCUT2D eigenvalue weighted by Gasteiger charge is -2.47. The monoisotopic (exact) mass is 667 g/mol. The molecule has 0 bridgehead atoms. The molecule has 0 amide bonds. The van der Waals surface area contributed by atoms with Gasteiger partial charge in [0.15, 0.2) is 0 Å². The molecule has 0 aliphatic carbocycles. The first-order chi connectivity index (χ1) is 26.4. The summed E-state index contributed by atoms with van der Waals surface area (Å²) in [6.45, 7) is 0.0114. The van der Waals surface area contributed by atoms with Crippen LogP contribution >= 0.6 is 0 Å². The molecule has 0 fully saturated rings. The molecular weight excluding hydrogens is 640 g/mol. The van der Waals surface area contributed by atoms with Crippen LogP contribution in [0.15, 0.2) is 164 Å². The second-order valence-corrected chi connectivity index (χ2v) is 15.1. The van der Waals surface area contributed by atoms with Gasteiger partial charge in [0.05, 0.1) is 0 Å². The van der Waals surface area contributed by atoms with E-state index in [1.807, 2.05) is 0 Å². The summed E-state index contributed by atoms with van der Waals surface area (Å²) in [4.78, 5) is 2.65. The fourth-order valence-electron chi connectivity index (χ4n) is 11.1. The molecule has 240 valence electrons. The first-order valence-electron chi connectivity index (χ1n) is 18.7. The van der Waals surface area contributed by atoms with Gasteiger partial charge in [-0.3, -0.25) is 0 Å². The van der Waals surface area contributed by atoms with E-state index >= 15 is 0 Å². The fourth-order valence-corrected chi connectivity index (χ4v) is 11.1.